The van der Waals surface area contributed by atoms with Gasteiger partial charge in [0.15, 0.2) is 17.0 Å². The van der Waals surface area contributed by atoms with Crippen LogP contribution < -0.4 is 5.73 Å². The Kier molecular flexibility index (Phi) is 6.48. The number of carboxylic acid groups (broad SMARTS) is 1. The first-order valence-electron chi connectivity index (χ1n) is 7.73. The second-order valence-corrected chi connectivity index (χ2v) is 5.28. The van der Waals surface area contributed by atoms with Crippen LogP contribution in [0.1, 0.15) is 16.2 Å². The van der Waals surface area contributed by atoms with Crippen molar-refractivity contribution >= 4 is 11.6 Å². The van der Waals surface area contributed by atoms with Crippen molar-refractivity contribution in [2.75, 3.05) is 20.3 Å². The number of nitrogens with zero attached hydrogens (tertiary/aromatic N) is 3. The monoisotopic (exact) mass is 382 g/mol. The summed E-state index contributed by atoms with van der Waals surface area (Å²) < 4.78 is 44.6. The highest BCUT2D eigenvalue weighted by Gasteiger charge is 2.35. The molecule has 0 spiro atoms. The summed E-state index contributed by atoms with van der Waals surface area (Å²) in [7, 11) is 1.63. The number of benzene rings is 1. The first-order valence-corrected chi connectivity index (χ1v) is 7.73. The number of aromatic carboxylic acids is 1. The van der Waals surface area contributed by atoms with E-state index in [0.29, 0.717) is 23.2 Å². The van der Waals surface area contributed by atoms with Gasteiger partial charge in [-0.05, 0) is 6.07 Å². The molecule has 3 rings (SSSR count). The molecule has 0 aliphatic carbocycles. The number of fused-ring (bicyclic) bond motifs is 1. The van der Waals surface area contributed by atoms with Gasteiger partial charge in [0.25, 0.3) is 0 Å². The lowest BCUT2D eigenvalue weighted by Crippen LogP contribution is -2.14. The topological polar surface area (TPSA) is 103 Å². The van der Waals surface area contributed by atoms with Crippen LogP contribution in [0, 0.1) is 0 Å². The van der Waals surface area contributed by atoms with E-state index in [1.807, 2.05) is 0 Å². The van der Waals surface area contributed by atoms with Crippen molar-refractivity contribution in [3.8, 4) is 11.3 Å². The van der Waals surface area contributed by atoms with Crippen LogP contribution >= 0.6 is 0 Å². The van der Waals surface area contributed by atoms with Crippen molar-refractivity contribution in [2.24, 2.45) is 5.73 Å². The summed E-state index contributed by atoms with van der Waals surface area (Å²) in [6.07, 6.45) is -4.69. The van der Waals surface area contributed by atoms with Crippen LogP contribution in [0.25, 0.3) is 16.9 Å². The predicted molar refractivity (Wildman–Crippen MR) is 91.3 cm³/mol. The largest absolute Gasteiger partial charge is 0.476 e. The molecule has 0 aliphatic rings. The van der Waals surface area contributed by atoms with Crippen LogP contribution in [0.15, 0.2) is 42.5 Å². The van der Waals surface area contributed by atoms with Crippen molar-refractivity contribution in [3.63, 3.8) is 0 Å². The number of hydrogen-bond acceptors (Lipinski definition) is 5. The molecule has 0 bridgehead atoms. The first-order chi connectivity index (χ1) is 12.8. The molecule has 0 radical (unpaired) electrons. The normalized spacial score (nSPS) is 11.1. The number of halogens is 3. The summed E-state index contributed by atoms with van der Waals surface area (Å²) in [4.78, 5) is 15.0. The number of carboxylic acids is 1. The summed E-state index contributed by atoms with van der Waals surface area (Å²) in [5.74, 6) is -1.42. The number of rotatable bonds is 4. The fraction of sp³-hybridized carbons (Fsp3) is 0.235. The van der Waals surface area contributed by atoms with Crippen LogP contribution in [0.5, 0.6) is 0 Å². The number of aromatic nitrogens is 3. The molecule has 0 saturated carbocycles. The van der Waals surface area contributed by atoms with Crippen molar-refractivity contribution in [2.45, 2.75) is 6.18 Å². The molecule has 27 heavy (non-hydrogen) atoms. The van der Waals surface area contributed by atoms with E-state index in [-0.39, 0.29) is 11.3 Å². The molecule has 2 aromatic heterocycles. The smallest absolute Gasteiger partial charge is 0.433 e. The van der Waals surface area contributed by atoms with E-state index >= 15 is 0 Å². The maximum Gasteiger partial charge on any atom is 0.433 e. The van der Waals surface area contributed by atoms with Crippen LogP contribution in [0.2, 0.25) is 0 Å². The average Bonchev–Trinajstić information content (AvgIpc) is 3.06. The standard InChI is InChI=1S/C14H8F3N3O2.C3H9NO/c15-14(16,17)11-6-9(8-4-2-1-3-5-8)18-12-7-10(13(21)22)19-20(11)12;1-5-3-2-4/h1-7H,(H,21,22);2-4H2,1H3. The van der Waals surface area contributed by atoms with Gasteiger partial charge in [-0.15, -0.1) is 0 Å². The Hall–Kier alpha value is -2.98. The Morgan fingerprint density at radius 1 is 1.26 bits per heavy atom. The first kappa shape index (κ1) is 20.3. The Morgan fingerprint density at radius 3 is 2.41 bits per heavy atom. The SMILES string of the molecule is COCCN.O=C(O)c1cc2nc(-c3ccccc3)cc(C(F)(F)F)n2n1. The van der Waals surface area contributed by atoms with E-state index in [4.69, 9.17) is 10.8 Å². The lowest BCUT2D eigenvalue weighted by molar-refractivity contribution is -0.142. The summed E-state index contributed by atoms with van der Waals surface area (Å²) in [6, 6.07) is 10.2. The molecule has 7 nitrogen and oxygen atoms in total. The predicted octanol–water partition coefficient (Wildman–Crippen LogP) is 2.70. The average molecular weight is 382 g/mol. The zero-order valence-corrected chi connectivity index (χ0v) is 14.3. The highest BCUT2D eigenvalue weighted by Crippen LogP contribution is 2.32. The van der Waals surface area contributed by atoms with Gasteiger partial charge in [-0.25, -0.2) is 14.3 Å². The van der Waals surface area contributed by atoms with E-state index < -0.39 is 23.5 Å². The zero-order chi connectivity index (χ0) is 20.0. The van der Waals surface area contributed by atoms with Gasteiger partial charge >= 0.3 is 12.1 Å². The molecular weight excluding hydrogens is 365 g/mol. The Morgan fingerprint density at radius 2 is 1.93 bits per heavy atom. The maximum atomic E-state index is 13.2. The molecule has 0 saturated heterocycles. The molecular formula is C17H17F3N4O3. The summed E-state index contributed by atoms with van der Waals surface area (Å²) in [6.45, 7) is 1.29. The lowest BCUT2D eigenvalue weighted by atomic mass is 10.1. The van der Waals surface area contributed by atoms with Crippen molar-refractivity contribution in [3.05, 3.63) is 53.9 Å². The number of carbonyl (C=O) groups is 1. The number of methoxy groups -OCH3 is 1. The Bertz CT molecular complexity index is 909. The number of hydrogen-bond donors (Lipinski definition) is 2. The third-order valence-corrected chi connectivity index (χ3v) is 3.33. The van der Waals surface area contributed by atoms with Crippen LogP contribution in [-0.4, -0.2) is 45.9 Å². The minimum Gasteiger partial charge on any atom is -0.476 e. The summed E-state index contributed by atoms with van der Waals surface area (Å²) >= 11 is 0. The minimum atomic E-state index is -4.69. The van der Waals surface area contributed by atoms with Gasteiger partial charge in [-0.3, -0.25) is 0 Å². The third kappa shape index (κ3) is 5.02. The second-order valence-electron chi connectivity index (χ2n) is 5.28. The molecule has 0 fully saturated rings. The quantitative estimate of drug-likeness (QED) is 0.719. The number of nitrogens with two attached hydrogens (primary N) is 1. The van der Waals surface area contributed by atoms with Crippen LogP contribution in [0.3, 0.4) is 0 Å². The van der Waals surface area contributed by atoms with Gasteiger partial charge in [0.1, 0.15) is 0 Å². The summed E-state index contributed by atoms with van der Waals surface area (Å²) in [5.41, 5.74) is 3.85. The molecule has 0 atom stereocenters. The number of alkyl halides is 3. The molecule has 0 unspecified atom stereocenters. The third-order valence-electron chi connectivity index (χ3n) is 3.33. The van der Waals surface area contributed by atoms with Gasteiger partial charge in [0, 0.05) is 25.3 Å². The van der Waals surface area contributed by atoms with Crippen molar-refractivity contribution in [1.29, 1.82) is 0 Å². The van der Waals surface area contributed by atoms with Gasteiger partial charge < -0.3 is 15.6 Å². The van der Waals surface area contributed by atoms with Crippen molar-refractivity contribution in [1.82, 2.24) is 14.6 Å². The maximum absolute atomic E-state index is 13.2. The van der Waals surface area contributed by atoms with Crippen LogP contribution in [-0.2, 0) is 10.9 Å². The number of ether oxygens (including phenoxy) is 1. The van der Waals surface area contributed by atoms with E-state index in [9.17, 15) is 18.0 Å². The van der Waals surface area contributed by atoms with Gasteiger partial charge in [-0.2, -0.15) is 18.3 Å². The van der Waals surface area contributed by atoms with E-state index in [1.165, 1.54) is 0 Å². The summed E-state index contributed by atoms with van der Waals surface area (Å²) in [5, 5.41) is 12.3. The Balaban J connectivity index is 0.000000465. The second kappa shape index (κ2) is 8.60. The molecule has 3 aromatic rings. The molecule has 10 heteroatoms. The van der Waals surface area contributed by atoms with Crippen molar-refractivity contribution < 1.29 is 27.8 Å². The van der Waals surface area contributed by atoms with E-state index in [2.05, 4.69) is 14.8 Å². The zero-order valence-electron chi connectivity index (χ0n) is 14.3. The van der Waals surface area contributed by atoms with Crippen LogP contribution in [0.4, 0.5) is 13.2 Å². The van der Waals surface area contributed by atoms with Gasteiger partial charge in [0.05, 0.1) is 12.3 Å². The van der Waals surface area contributed by atoms with E-state index in [1.54, 1.807) is 37.4 Å². The van der Waals surface area contributed by atoms with E-state index in [0.717, 1.165) is 12.1 Å². The molecule has 0 amide bonds. The van der Waals surface area contributed by atoms with Gasteiger partial charge in [-0.1, -0.05) is 30.3 Å². The molecule has 3 N–H and O–H groups in total. The van der Waals surface area contributed by atoms with Gasteiger partial charge in [0.2, 0.25) is 0 Å². The molecule has 1 aromatic carbocycles. The fourth-order valence-corrected chi connectivity index (χ4v) is 2.16. The fourth-order valence-electron chi connectivity index (χ4n) is 2.16. The molecule has 0 aliphatic heterocycles. The lowest BCUT2D eigenvalue weighted by Gasteiger charge is -2.10. The molecule has 144 valence electrons. The highest BCUT2D eigenvalue weighted by molar-refractivity contribution is 5.86. The highest BCUT2D eigenvalue weighted by atomic mass is 19.4. The minimum absolute atomic E-state index is 0.0947. The molecule has 2 heterocycles. The Labute approximate surface area is 152 Å².